The number of aromatic nitrogens is 2. The first-order chi connectivity index (χ1) is 17.1. The molecule has 10 nitrogen and oxygen atoms in total. The molecule has 184 valence electrons. The van der Waals surface area contributed by atoms with E-state index in [-0.39, 0.29) is 17.6 Å². The average Bonchev–Trinajstić information content (AvgIpc) is 3.36. The lowest BCUT2D eigenvalue weighted by Crippen LogP contribution is -2.24. The number of nitrogens with one attached hydrogen (secondary N) is 4. The van der Waals surface area contributed by atoms with Gasteiger partial charge >= 0.3 is 0 Å². The number of hydroxylamine groups is 1. The van der Waals surface area contributed by atoms with Gasteiger partial charge in [-0.2, -0.15) is 5.10 Å². The standard InChI is InChI=1S/C25H30N6O4/c1-34-18-13-11-17(12-14-18)23-28-22(35-31-23)10-6-9-21(32)26-15-4-5-16-27-24-19-7-2-3-8-20(19)25(33)30-29-24/h2-3,7-8,11-14,23,31H,4-6,9-10,15-16H2,1H3,(H,26,32)(H,27,29)(H,30,33). The highest BCUT2D eigenvalue weighted by atomic mass is 16.7. The molecule has 3 aromatic rings. The number of methoxy groups -OCH3 is 1. The summed E-state index contributed by atoms with van der Waals surface area (Å²) < 4.78 is 5.17. The molecule has 0 radical (unpaired) electrons. The number of hydrogen-bond donors (Lipinski definition) is 4. The summed E-state index contributed by atoms with van der Waals surface area (Å²) in [7, 11) is 1.63. The molecule has 1 aliphatic heterocycles. The molecule has 0 saturated carbocycles. The Kier molecular flexibility index (Phi) is 8.29. The van der Waals surface area contributed by atoms with Gasteiger partial charge in [-0.3, -0.25) is 9.59 Å². The summed E-state index contributed by atoms with van der Waals surface area (Å²) in [4.78, 5) is 34.0. The number of H-pyrrole nitrogens is 1. The van der Waals surface area contributed by atoms with Crippen LogP contribution in [-0.2, 0) is 9.63 Å². The zero-order valence-electron chi connectivity index (χ0n) is 19.7. The van der Waals surface area contributed by atoms with Crippen LogP contribution >= 0.6 is 0 Å². The van der Waals surface area contributed by atoms with Crippen molar-refractivity contribution >= 4 is 28.4 Å². The molecule has 35 heavy (non-hydrogen) atoms. The third-order valence-electron chi connectivity index (χ3n) is 5.70. The van der Waals surface area contributed by atoms with Crippen molar-refractivity contribution in [1.29, 1.82) is 0 Å². The Morgan fingerprint density at radius 1 is 1.06 bits per heavy atom. The van der Waals surface area contributed by atoms with E-state index in [4.69, 9.17) is 9.57 Å². The maximum atomic E-state index is 12.1. The van der Waals surface area contributed by atoms with Crippen LogP contribution in [0.25, 0.3) is 10.8 Å². The summed E-state index contributed by atoms with van der Waals surface area (Å²) >= 11 is 0. The topological polar surface area (TPSA) is 130 Å². The molecule has 0 saturated heterocycles. The second-order valence-electron chi connectivity index (χ2n) is 8.20. The number of carbonyl (C=O) groups is 1. The minimum Gasteiger partial charge on any atom is -0.497 e. The highest BCUT2D eigenvalue weighted by Gasteiger charge is 2.20. The Bertz CT molecular complexity index is 1220. The lowest BCUT2D eigenvalue weighted by molar-refractivity contribution is -0.121. The monoisotopic (exact) mass is 478 g/mol. The van der Waals surface area contributed by atoms with E-state index in [0.717, 1.165) is 29.5 Å². The predicted octanol–water partition coefficient (Wildman–Crippen LogP) is 3.04. The number of fused-ring (bicyclic) bond motifs is 1. The van der Waals surface area contributed by atoms with Gasteiger partial charge in [0, 0.05) is 31.3 Å². The molecule has 0 fully saturated rings. The van der Waals surface area contributed by atoms with Gasteiger partial charge in [0.1, 0.15) is 5.75 Å². The van der Waals surface area contributed by atoms with Gasteiger partial charge in [0.15, 0.2) is 12.0 Å². The summed E-state index contributed by atoms with van der Waals surface area (Å²) in [6.45, 7) is 1.30. The molecule has 0 bridgehead atoms. The van der Waals surface area contributed by atoms with E-state index in [1.807, 2.05) is 42.5 Å². The third-order valence-corrected chi connectivity index (χ3v) is 5.70. The first-order valence-corrected chi connectivity index (χ1v) is 11.7. The van der Waals surface area contributed by atoms with E-state index < -0.39 is 0 Å². The molecule has 4 rings (SSSR count). The number of benzene rings is 2. The molecule has 1 aromatic heterocycles. The smallest absolute Gasteiger partial charge is 0.272 e. The highest BCUT2D eigenvalue weighted by Crippen LogP contribution is 2.22. The molecular weight excluding hydrogens is 448 g/mol. The minimum atomic E-state index is -0.248. The molecule has 1 unspecified atom stereocenters. The van der Waals surface area contributed by atoms with Gasteiger partial charge < -0.3 is 20.2 Å². The maximum absolute atomic E-state index is 12.1. The number of amides is 1. The van der Waals surface area contributed by atoms with Crippen molar-refractivity contribution in [2.45, 2.75) is 38.3 Å². The molecule has 0 spiro atoms. The maximum Gasteiger partial charge on any atom is 0.272 e. The van der Waals surface area contributed by atoms with Crippen LogP contribution in [0.3, 0.4) is 0 Å². The van der Waals surface area contributed by atoms with Gasteiger partial charge in [-0.05, 0) is 43.0 Å². The van der Waals surface area contributed by atoms with Crippen LogP contribution in [0.15, 0.2) is 58.3 Å². The first kappa shape index (κ1) is 24.2. The molecule has 10 heteroatoms. The van der Waals surface area contributed by atoms with Crippen molar-refractivity contribution in [2.75, 3.05) is 25.5 Å². The van der Waals surface area contributed by atoms with Crippen molar-refractivity contribution < 1.29 is 14.4 Å². The van der Waals surface area contributed by atoms with Crippen molar-refractivity contribution in [3.05, 3.63) is 64.4 Å². The van der Waals surface area contributed by atoms with E-state index in [0.29, 0.717) is 49.5 Å². The zero-order valence-corrected chi connectivity index (χ0v) is 19.7. The Hall–Kier alpha value is -3.92. The second kappa shape index (κ2) is 12.0. The van der Waals surface area contributed by atoms with Crippen LogP contribution in [0, 0.1) is 0 Å². The summed E-state index contributed by atoms with van der Waals surface area (Å²) in [5, 5.41) is 14.2. The van der Waals surface area contributed by atoms with Crippen LogP contribution in [0.2, 0.25) is 0 Å². The Balaban J connectivity index is 1.09. The minimum absolute atomic E-state index is 0.0181. The molecule has 4 N–H and O–H groups in total. The number of nitrogens with zero attached hydrogens (tertiary/aromatic N) is 2. The number of aliphatic imine (C=N–C) groups is 1. The van der Waals surface area contributed by atoms with Crippen LogP contribution in [-0.4, -0.2) is 42.2 Å². The number of aromatic amines is 1. The quantitative estimate of drug-likeness (QED) is 0.294. The van der Waals surface area contributed by atoms with Crippen LogP contribution in [0.5, 0.6) is 5.75 Å². The number of unbranched alkanes of at least 4 members (excludes halogenated alkanes) is 1. The predicted molar refractivity (Wildman–Crippen MR) is 134 cm³/mol. The summed E-state index contributed by atoms with van der Waals surface area (Å²) in [6.07, 6.45) is 3.12. The fourth-order valence-electron chi connectivity index (χ4n) is 3.79. The lowest BCUT2D eigenvalue weighted by atomic mass is 10.2. The van der Waals surface area contributed by atoms with E-state index in [1.165, 1.54) is 0 Å². The number of rotatable bonds is 12. The summed E-state index contributed by atoms with van der Waals surface area (Å²) in [5.74, 6) is 2.07. The normalized spacial score (nSPS) is 14.9. The molecule has 1 atom stereocenters. The largest absolute Gasteiger partial charge is 0.497 e. The van der Waals surface area contributed by atoms with E-state index in [2.05, 4.69) is 31.3 Å². The lowest BCUT2D eigenvalue weighted by Gasteiger charge is -2.08. The third kappa shape index (κ3) is 6.57. The fraction of sp³-hybridized carbons (Fsp3) is 0.360. The van der Waals surface area contributed by atoms with Gasteiger partial charge in [-0.15, -0.1) is 5.48 Å². The van der Waals surface area contributed by atoms with Crippen molar-refractivity contribution in [3.8, 4) is 5.75 Å². The molecule has 1 aliphatic rings. The van der Waals surface area contributed by atoms with Gasteiger partial charge in [0.25, 0.3) is 5.56 Å². The highest BCUT2D eigenvalue weighted by molar-refractivity contribution is 5.90. The van der Waals surface area contributed by atoms with E-state index >= 15 is 0 Å². The number of anilines is 1. The van der Waals surface area contributed by atoms with Crippen molar-refractivity contribution in [2.24, 2.45) is 4.99 Å². The molecule has 1 amide bonds. The second-order valence-corrected chi connectivity index (χ2v) is 8.20. The fourth-order valence-corrected chi connectivity index (χ4v) is 3.79. The van der Waals surface area contributed by atoms with Gasteiger partial charge in [0.05, 0.1) is 12.5 Å². The number of ether oxygens (including phenoxy) is 1. The van der Waals surface area contributed by atoms with Gasteiger partial charge in [-0.25, -0.2) is 10.1 Å². The SMILES string of the molecule is COc1ccc(C2N=C(CCCC(=O)NCCCCNc3n[nH]c(=O)c4ccccc34)ON2)cc1. The van der Waals surface area contributed by atoms with Crippen LogP contribution < -0.4 is 26.4 Å². The zero-order chi connectivity index (χ0) is 24.5. The van der Waals surface area contributed by atoms with Crippen LogP contribution in [0.1, 0.15) is 43.8 Å². The van der Waals surface area contributed by atoms with E-state index in [1.54, 1.807) is 13.2 Å². The van der Waals surface area contributed by atoms with Crippen LogP contribution in [0.4, 0.5) is 5.82 Å². The number of carbonyl (C=O) groups excluding carboxylic acids is 1. The average molecular weight is 479 g/mol. The number of hydrogen-bond acceptors (Lipinski definition) is 8. The molecule has 2 aromatic carbocycles. The van der Waals surface area contributed by atoms with Gasteiger partial charge in [-0.1, -0.05) is 30.3 Å². The molecule has 2 heterocycles. The van der Waals surface area contributed by atoms with Crippen molar-refractivity contribution in [3.63, 3.8) is 0 Å². The molecular formula is C25H30N6O4. The van der Waals surface area contributed by atoms with Crippen molar-refractivity contribution in [1.82, 2.24) is 21.0 Å². The Morgan fingerprint density at radius 2 is 1.83 bits per heavy atom. The van der Waals surface area contributed by atoms with E-state index in [9.17, 15) is 9.59 Å². The Labute approximate surface area is 203 Å². The summed E-state index contributed by atoms with van der Waals surface area (Å²) in [5.41, 5.74) is 3.69. The first-order valence-electron chi connectivity index (χ1n) is 11.7. The summed E-state index contributed by atoms with van der Waals surface area (Å²) in [6, 6.07) is 15.0. The molecule has 0 aliphatic carbocycles. The Morgan fingerprint density at radius 3 is 2.63 bits per heavy atom. The van der Waals surface area contributed by atoms with Gasteiger partial charge in [0.2, 0.25) is 11.8 Å².